The molecule has 0 radical (unpaired) electrons. The van der Waals surface area contributed by atoms with Crippen LogP contribution in [-0.4, -0.2) is 48.4 Å². The molecule has 0 aromatic carbocycles. The lowest BCUT2D eigenvalue weighted by Crippen LogP contribution is -2.38. The zero-order valence-electron chi connectivity index (χ0n) is 14.5. The topological polar surface area (TPSA) is 63.5 Å². The van der Waals surface area contributed by atoms with E-state index in [0.717, 1.165) is 64.6 Å². The molecule has 23 heavy (non-hydrogen) atoms. The number of imidazole rings is 1. The molecule has 1 aromatic rings. The van der Waals surface area contributed by atoms with Crippen molar-refractivity contribution in [1.82, 2.24) is 20.2 Å². The van der Waals surface area contributed by atoms with E-state index in [-0.39, 0.29) is 24.0 Å². The lowest BCUT2D eigenvalue weighted by atomic mass is 10.4. The van der Waals surface area contributed by atoms with Crippen LogP contribution in [-0.2, 0) is 11.3 Å². The Morgan fingerprint density at radius 2 is 2.00 bits per heavy atom. The first-order valence-corrected chi connectivity index (χ1v) is 8.42. The average Bonchev–Trinajstić information content (AvgIpc) is 3.03. The van der Waals surface area contributed by atoms with Crippen molar-refractivity contribution in [2.24, 2.45) is 4.99 Å². The van der Waals surface area contributed by atoms with Gasteiger partial charge in [0.05, 0.1) is 6.33 Å². The van der Waals surface area contributed by atoms with Gasteiger partial charge in [0.25, 0.3) is 0 Å². The molecule has 0 bridgehead atoms. The number of rotatable bonds is 12. The van der Waals surface area contributed by atoms with Gasteiger partial charge in [-0.3, -0.25) is 4.99 Å². The Labute approximate surface area is 157 Å². The summed E-state index contributed by atoms with van der Waals surface area (Å²) in [6, 6.07) is 0. The molecular formula is C16H32IN5O. The number of nitrogens with one attached hydrogen (secondary N) is 2. The Morgan fingerprint density at radius 3 is 2.70 bits per heavy atom. The van der Waals surface area contributed by atoms with Crippen molar-refractivity contribution in [3.05, 3.63) is 18.7 Å². The first-order valence-electron chi connectivity index (χ1n) is 8.42. The van der Waals surface area contributed by atoms with Gasteiger partial charge in [-0.25, -0.2) is 4.98 Å². The van der Waals surface area contributed by atoms with Crippen LogP contribution in [0.15, 0.2) is 23.7 Å². The van der Waals surface area contributed by atoms with E-state index in [1.54, 1.807) is 6.20 Å². The molecule has 0 spiro atoms. The van der Waals surface area contributed by atoms with Gasteiger partial charge in [0.15, 0.2) is 5.96 Å². The molecule has 0 atom stereocenters. The van der Waals surface area contributed by atoms with E-state index in [2.05, 4.69) is 39.0 Å². The van der Waals surface area contributed by atoms with E-state index in [1.165, 1.54) is 6.42 Å². The number of hydrogen-bond donors (Lipinski definition) is 2. The summed E-state index contributed by atoms with van der Waals surface area (Å²) >= 11 is 0. The maximum Gasteiger partial charge on any atom is 0.191 e. The van der Waals surface area contributed by atoms with Gasteiger partial charge in [-0.2, -0.15) is 0 Å². The Morgan fingerprint density at radius 1 is 1.17 bits per heavy atom. The van der Waals surface area contributed by atoms with Gasteiger partial charge in [-0.05, 0) is 26.2 Å². The second kappa shape index (κ2) is 16.0. The summed E-state index contributed by atoms with van der Waals surface area (Å²) in [6.45, 7) is 9.47. The third-order valence-corrected chi connectivity index (χ3v) is 3.15. The first kappa shape index (κ1) is 22.2. The van der Waals surface area contributed by atoms with E-state index in [4.69, 9.17) is 4.74 Å². The minimum Gasteiger partial charge on any atom is -0.381 e. The smallest absolute Gasteiger partial charge is 0.191 e. The second-order valence-corrected chi connectivity index (χ2v) is 5.16. The van der Waals surface area contributed by atoms with E-state index in [0.29, 0.717) is 0 Å². The number of guanidine groups is 1. The van der Waals surface area contributed by atoms with E-state index < -0.39 is 0 Å². The van der Waals surface area contributed by atoms with Crippen LogP contribution in [0.2, 0.25) is 0 Å². The molecule has 134 valence electrons. The molecular weight excluding hydrogens is 405 g/mol. The lowest BCUT2D eigenvalue weighted by molar-refractivity contribution is 0.129. The number of ether oxygens (including phenoxy) is 1. The minimum atomic E-state index is 0. The number of unbranched alkanes of at least 4 members (excludes halogenated alkanes) is 1. The van der Waals surface area contributed by atoms with Crippen molar-refractivity contribution in [2.75, 3.05) is 32.8 Å². The molecule has 7 heteroatoms. The van der Waals surface area contributed by atoms with Crippen molar-refractivity contribution in [2.45, 2.75) is 46.1 Å². The summed E-state index contributed by atoms with van der Waals surface area (Å²) in [7, 11) is 0. The van der Waals surface area contributed by atoms with Crippen molar-refractivity contribution in [3.63, 3.8) is 0 Å². The fourth-order valence-electron chi connectivity index (χ4n) is 1.93. The molecule has 0 unspecified atom stereocenters. The van der Waals surface area contributed by atoms with Crippen LogP contribution in [0.1, 0.15) is 39.5 Å². The molecule has 0 aliphatic heterocycles. The molecule has 0 aliphatic carbocycles. The monoisotopic (exact) mass is 437 g/mol. The predicted octanol–water partition coefficient (Wildman–Crippen LogP) is 2.65. The van der Waals surface area contributed by atoms with Crippen LogP contribution in [0.3, 0.4) is 0 Å². The number of aryl methyl sites for hydroxylation is 1. The molecule has 2 N–H and O–H groups in total. The molecule has 1 aromatic heterocycles. The Bertz CT molecular complexity index is 384. The van der Waals surface area contributed by atoms with Gasteiger partial charge in [0, 0.05) is 51.8 Å². The lowest BCUT2D eigenvalue weighted by Gasteiger charge is -2.11. The molecule has 1 rings (SSSR count). The number of hydrogen-bond acceptors (Lipinski definition) is 3. The minimum absolute atomic E-state index is 0. The number of halogens is 1. The highest BCUT2D eigenvalue weighted by Crippen LogP contribution is 1.92. The van der Waals surface area contributed by atoms with Crippen molar-refractivity contribution < 1.29 is 4.74 Å². The van der Waals surface area contributed by atoms with Crippen LogP contribution < -0.4 is 10.6 Å². The van der Waals surface area contributed by atoms with Crippen molar-refractivity contribution >= 4 is 29.9 Å². The second-order valence-electron chi connectivity index (χ2n) is 5.16. The van der Waals surface area contributed by atoms with Gasteiger partial charge < -0.3 is 19.9 Å². The normalized spacial score (nSPS) is 11.1. The third kappa shape index (κ3) is 12.3. The van der Waals surface area contributed by atoms with Crippen LogP contribution >= 0.6 is 24.0 Å². The Kier molecular flexibility index (Phi) is 15.5. The summed E-state index contributed by atoms with van der Waals surface area (Å²) in [6.07, 6.45) is 9.97. The van der Waals surface area contributed by atoms with Gasteiger partial charge in [0.1, 0.15) is 0 Å². The Balaban J connectivity index is 0.00000484. The maximum absolute atomic E-state index is 5.55. The zero-order chi connectivity index (χ0) is 15.9. The van der Waals surface area contributed by atoms with E-state index in [1.807, 2.05) is 12.5 Å². The summed E-state index contributed by atoms with van der Waals surface area (Å²) in [5.41, 5.74) is 0. The van der Waals surface area contributed by atoms with Gasteiger partial charge >= 0.3 is 0 Å². The molecule has 0 aliphatic rings. The van der Waals surface area contributed by atoms with Gasteiger partial charge in [-0.15, -0.1) is 24.0 Å². The van der Waals surface area contributed by atoms with Gasteiger partial charge in [-0.1, -0.05) is 13.3 Å². The number of aliphatic imine (C=N–C) groups is 1. The molecule has 1 heterocycles. The highest BCUT2D eigenvalue weighted by molar-refractivity contribution is 14.0. The summed E-state index contributed by atoms with van der Waals surface area (Å²) < 4.78 is 7.62. The highest BCUT2D eigenvalue weighted by atomic mass is 127. The summed E-state index contributed by atoms with van der Waals surface area (Å²) in [5, 5.41) is 6.61. The van der Waals surface area contributed by atoms with Crippen LogP contribution in [0.4, 0.5) is 0 Å². The van der Waals surface area contributed by atoms with Crippen LogP contribution in [0, 0.1) is 0 Å². The number of nitrogens with zero attached hydrogens (tertiary/aromatic N) is 3. The highest BCUT2D eigenvalue weighted by Gasteiger charge is 1.97. The largest absolute Gasteiger partial charge is 0.381 e. The third-order valence-electron chi connectivity index (χ3n) is 3.15. The summed E-state index contributed by atoms with van der Waals surface area (Å²) in [4.78, 5) is 8.61. The quantitative estimate of drug-likeness (QED) is 0.229. The fraction of sp³-hybridized carbons (Fsp3) is 0.750. The number of aromatic nitrogens is 2. The first-order chi connectivity index (χ1) is 10.9. The molecule has 6 nitrogen and oxygen atoms in total. The predicted molar refractivity (Wildman–Crippen MR) is 107 cm³/mol. The van der Waals surface area contributed by atoms with Crippen LogP contribution in [0.5, 0.6) is 0 Å². The molecule has 0 fully saturated rings. The van der Waals surface area contributed by atoms with Crippen molar-refractivity contribution in [3.8, 4) is 0 Å². The standard InChI is InChI=1S/C16H31N5O.HI/c1-3-5-13-22-14-7-9-20-16(18-4-2)19-8-6-11-21-12-10-17-15-21;/h10,12,15H,3-9,11,13-14H2,1-2H3,(H2,18,19,20);1H. The van der Waals surface area contributed by atoms with E-state index >= 15 is 0 Å². The van der Waals surface area contributed by atoms with Gasteiger partial charge in [0.2, 0.25) is 0 Å². The SMILES string of the molecule is CCCCOCCCNC(=NCCCn1ccnc1)NCC.I. The van der Waals surface area contributed by atoms with Crippen molar-refractivity contribution in [1.29, 1.82) is 0 Å². The molecule has 0 saturated heterocycles. The summed E-state index contributed by atoms with van der Waals surface area (Å²) in [5.74, 6) is 0.890. The average molecular weight is 437 g/mol. The zero-order valence-corrected chi connectivity index (χ0v) is 16.8. The maximum atomic E-state index is 5.55. The van der Waals surface area contributed by atoms with E-state index in [9.17, 15) is 0 Å². The fourth-order valence-corrected chi connectivity index (χ4v) is 1.93. The van der Waals surface area contributed by atoms with Crippen LogP contribution in [0.25, 0.3) is 0 Å². The molecule has 0 saturated carbocycles. The molecule has 0 amide bonds. The Hall–Kier alpha value is -0.830.